The maximum atomic E-state index is 13.0. The lowest BCUT2D eigenvalue weighted by atomic mass is 10.1. The number of rotatable bonds is 9. The van der Waals surface area contributed by atoms with E-state index in [0.29, 0.717) is 24.3 Å². The molecule has 0 fully saturated rings. The predicted octanol–water partition coefficient (Wildman–Crippen LogP) is 3.86. The molecule has 164 valence electrons. The van der Waals surface area contributed by atoms with Crippen LogP contribution in [0, 0.1) is 0 Å². The van der Waals surface area contributed by atoms with Gasteiger partial charge in [0, 0.05) is 43.5 Å². The number of nitrogens with zero attached hydrogens (tertiary/aromatic N) is 4. The summed E-state index contributed by atoms with van der Waals surface area (Å²) in [7, 11) is 3.58. The van der Waals surface area contributed by atoms with Crippen molar-refractivity contribution in [3.8, 4) is 17.0 Å². The molecule has 0 saturated carbocycles. The molecular weight excluding hydrogens is 422 g/mol. The van der Waals surface area contributed by atoms with Gasteiger partial charge in [-0.25, -0.2) is 4.98 Å². The van der Waals surface area contributed by atoms with E-state index in [0.717, 1.165) is 27.8 Å². The van der Waals surface area contributed by atoms with Crippen LogP contribution in [0.1, 0.15) is 15.9 Å². The fraction of sp³-hybridized carbons (Fsp3) is 0.208. The molecule has 32 heavy (non-hydrogen) atoms. The fourth-order valence-corrected chi connectivity index (χ4v) is 4.08. The molecule has 7 nitrogen and oxygen atoms in total. The number of amides is 1. The third kappa shape index (κ3) is 5.20. The van der Waals surface area contributed by atoms with Gasteiger partial charge in [0.05, 0.1) is 19.2 Å². The van der Waals surface area contributed by atoms with E-state index in [1.54, 1.807) is 25.1 Å². The van der Waals surface area contributed by atoms with Gasteiger partial charge in [0.25, 0.3) is 5.91 Å². The van der Waals surface area contributed by atoms with Gasteiger partial charge in [0.15, 0.2) is 5.16 Å². The molecule has 4 rings (SSSR count). The molecule has 0 bridgehead atoms. The van der Waals surface area contributed by atoms with E-state index < -0.39 is 0 Å². The Balaban J connectivity index is 1.51. The molecular formula is C24H25N5O2S. The Morgan fingerprint density at radius 1 is 1.12 bits per heavy atom. The molecule has 0 aliphatic carbocycles. The van der Waals surface area contributed by atoms with Crippen molar-refractivity contribution in [2.45, 2.75) is 11.7 Å². The van der Waals surface area contributed by atoms with Crippen LogP contribution in [0.15, 0.2) is 78.3 Å². The van der Waals surface area contributed by atoms with Gasteiger partial charge in [-0.15, -0.1) is 0 Å². The van der Waals surface area contributed by atoms with Crippen molar-refractivity contribution in [3.63, 3.8) is 0 Å². The largest absolute Gasteiger partial charge is 0.497 e. The van der Waals surface area contributed by atoms with Crippen LogP contribution in [-0.2, 0) is 13.6 Å². The van der Waals surface area contributed by atoms with E-state index in [4.69, 9.17) is 9.84 Å². The van der Waals surface area contributed by atoms with E-state index >= 15 is 0 Å². The zero-order valence-electron chi connectivity index (χ0n) is 18.1. The second kappa shape index (κ2) is 10.2. The summed E-state index contributed by atoms with van der Waals surface area (Å²) < 4.78 is 9.03. The van der Waals surface area contributed by atoms with Crippen LogP contribution in [0.5, 0.6) is 5.75 Å². The number of methoxy groups -OCH3 is 1. The SMILES string of the molecule is COc1ccc(-c2nn(Cc3ccccc3)cc2C(=O)NCCSc2nccn2C)cc1. The van der Waals surface area contributed by atoms with E-state index in [-0.39, 0.29) is 5.91 Å². The third-order valence-electron chi connectivity index (χ3n) is 4.95. The maximum Gasteiger partial charge on any atom is 0.255 e. The van der Waals surface area contributed by atoms with E-state index in [2.05, 4.69) is 10.3 Å². The molecule has 0 unspecified atom stereocenters. The number of carbonyl (C=O) groups is 1. The summed E-state index contributed by atoms with van der Waals surface area (Å²) in [5, 5.41) is 8.67. The van der Waals surface area contributed by atoms with Gasteiger partial charge in [-0.2, -0.15) is 5.10 Å². The molecule has 0 saturated heterocycles. The minimum absolute atomic E-state index is 0.143. The summed E-state index contributed by atoms with van der Waals surface area (Å²) in [6, 6.07) is 17.6. The van der Waals surface area contributed by atoms with Crippen LogP contribution < -0.4 is 10.1 Å². The van der Waals surface area contributed by atoms with Gasteiger partial charge in [-0.3, -0.25) is 9.48 Å². The smallest absolute Gasteiger partial charge is 0.255 e. The lowest BCUT2D eigenvalue weighted by Gasteiger charge is -2.06. The number of ether oxygens (including phenoxy) is 1. The lowest BCUT2D eigenvalue weighted by Crippen LogP contribution is -2.26. The number of imidazole rings is 1. The Labute approximate surface area is 191 Å². The molecule has 1 amide bonds. The van der Waals surface area contributed by atoms with Gasteiger partial charge < -0.3 is 14.6 Å². The molecule has 0 aliphatic heterocycles. The minimum atomic E-state index is -0.143. The van der Waals surface area contributed by atoms with E-state index in [1.807, 2.05) is 83.3 Å². The number of hydrogen-bond donors (Lipinski definition) is 1. The molecule has 2 heterocycles. The molecule has 0 atom stereocenters. The molecule has 1 N–H and O–H groups in total. The normalized spacial score (nSPS) is 10.8. The van der Waals surface area contributed by atoms with Crippen molar-refractivity contribution < 1.29 is 9.53 Å². The molecule has 2 aromatic carbocycles. The summed E-state index contributed by atoms with van der Waals surface area (Å²) in [6.45, 7) is 1.12. The first-order chi connectivity index (χ1) is 15.6. The molecule has 0 spiro atoms. The second-order valence-corrected chi connectivity index (χ2v) is 8.29. The molecule has 0 aliphatic rings. The highest BCUT2D eigenvalue weighted by atomic mass is 32.2. The van der Waals surface area contributed by atoms with E-state index in [9.17, 15) is 4.79 Å². The molecule has 2 aromatic heterocycles. The highest BCUT2D eigenvalue weighted by molar-refractivity contribution is 7.99. The molecule has 4 aromatic rings. The highest BCUT2D eigenvalue weighted by Crippen LogP contribution is 2.25. The Hall–Kier alpha value is -3.52. The zero-order valence-corrected chi connectivity index (χ0v) is 18.9. The number of hydrogen-bond acceptors (Lipinski definition) is 5. The molecule has 0 radical (unpaired) electrons. The summed E-state index contributed by atoms with van der Waals surface area (Å²) >= 11 is 1.60. The van der Waals surface area contributed by atoms with Gasteiger partial charge in [0.2, 0.25) is 0 Å². The third-order valence-corrected chi connectivity index (χ3v) is 6.01. The number of benzene rings is 2. The number of aromatic nitrogens is 4. The van der Waals surface area contributed by atoms with E-state index in [1.165, 1.54) is 0 Å². The van der Waals surface area contributed by atoms with Crippen molar-refractivity contribution in [2.75, 3.05) is 19.4 Å². The zero-order chi connectivity index (χ0) is 22.3. The summed E-state index contributed by atoms with van der Waals surface area (Å²) in [4.78, 5) is 17.3. The topological polar surface area (TPSA) is 74.0 Å². The van der Waals surface area contributed by atoms with Crippen LogP contribution in [0.3, 0.4) is 0 Å². The van der Waals surface area contributed by atoms with Gasteiger partial charge in [0.1, 0.15) is 11.4 Å². The first-order valence-corrected chi connectivity index (χ1v) is 11.3. The van der Waals surface area contributed by atoms with Crippen molar-refractivity contribution >= 4 is 17.7 Å². The Morgan fingerprint density at radius 2 is 1.91 bits per heavy atom. The fourth-order valence-electron chi connectivity index (χ4n) is 3.29. The first-order valence-electron chi connectivity index (χ1n) is 10.3. The second-order valence-electron chi connectivity index (χ2n) is 7.23. The van der Waals surface area contributed by atoms with Crippen LogP contribution in [-0.4, -0.2) is 44.6 Å². The van der Waals surface area contributed by atoms with Crippen LogP contribution in [0.2, 0.25) is 0 Å². The first kappa shape index (κ1) is 21.7. The average Bonchev–Trinajstić information content (AvgIpc) is 3.43. The Bertz CT molecular complexity index is 1170. The number of thioether (sulfide) groups is 1. The van der Waals surface area contributed by atoms with Crippen LogP contribution >= 0.6 is 11.8 Å². The minimum Gasteiger partial charge on any atom is -0.497 e. The highest BCUT2D eigenvalue weighted by Gasteiger charge is 2.18. The monoisotopic (exact) mass is 447 g/mol. The average molecular weight is 448 g/mol. The molecule has 8 heteroatoms. The van der Waals surface area contributed by atoms with Crippen LogP contribution in [0.4, 0.5) is 0 Å². The van der Waals surface area contributed by atoms with Crippen molar-refractivity contribution in [1.29, 1.82) is 0 Å². The summed E-state index contributed by atoms with van der Waals surface area (Å²) in [5.41, 5.74) is 3.19. The maximum absolute atomic E-state index is 13.0. The Kier molecular flexibility index (Phi) is 6.91. The quantitative estimate of drug-likeness (QED) is 0.312. The summed E-state index contributed by atoms with van der Waals surface area (Å²) in [6.07, 6.45) is 5.49. The Morgan fingerprint density at radius 3 is 2.59 bits per heavy atom. The van der Waals surface area contributed by atoms with Crippen molar-refractivity contribution in [2.24, 2.45) is 7.05 Å². The standard InChI is InChI=1S/C24H25N5O2S/c1-28-14-12-26-24(28)32-15-13-25-23(30)21-17-29(16-18-6-4-3-5-7-18)27-22(21)19-8-10-20(31-2)11-9-19/h3-12,14,17H,13,15-16H2,1-2H3,(H,25,30). The van der Waals surface area contributed by atoms with Gasteiger partial charge in [-0.1, -0.05) is 42.1 Å². The predicted molar refractivity (Wildman–Crippen MR) is 126 cm³/mol. The number of aryl methyl sites for hydroxylation is 1. The lowest BCUT2D eigenvalue weighted by molar-refractivity contribution is 0.0956. The summed E-state index contributed by atoms with van der Waals surface area (Å²) in [5.74, 6) is 1.34. The number of carbonyl (C=O) groups excluding carboxylic acids is 1. The van der Waals surface area contributed by atoms with Gasteiger partial charge in [-0.05, 0) is 29.8 Å². The van der Waals surface area contributed by atoms with Gasteiger partial charge >= 0.3 is 0 Å². The number of nitrogens with one attached hydrogen (secondary N) is 1. The van der Waals surface area contributed by atoms with Crippen molar-refractivity contribution in [3.05, 3.63) is 84.3 Å². The van der Waals surface area contributed by atoms with Crippen LogP contribution in [0.25, 0.3) is 11.3 Å². The van der Waals surface area contributed by atoms with Crippen molar-refractivity contribution in [1.82, 2.24) is 24.6 Å².